The second-order valence-corrected chi connectivity index (χ2v) is 7.57. The first-order valence-corrected chi connectivity index (χ1v) is 7.85. The van der Waals surface area contributed by atoms with Gasteiger partial charge in [0, 0.05) is 30.4 Å². The summed E-state index contributed by atoms with van der Waals surface area (Å²) < 4.78 is 5.14. The van der Waals surface area contributed by atoms with Gasteiger partial charge >= 0.3 is 0 Å². The van der Waals surface area contributed by atoms with Crippen molar-refractivity contribution < 1.29 is 4.74 Å². The molecule has 110 valence electrons. The zero-order chi connectivity index (χ0) is 14.5. The molecule has 0 aromatic carbocycles. The molecule has 0 unspecified atom stereocenters. The van der Waals surface area contributed by atoms with Gasteiger partial charge in [0.1, 0.15) is 0 Å². The Morgan fingerprint density at radius 1 is 1.32 bits per heavy atom. The van der Waals surface area contributed by atoms with Crippen LogP contribution in [-0.2, 0) is 23.1 Å². The SMILES string of the molecule is COCCc1nc(C(C)(C)C)c(CNCC(C)C)s1. The average Bonchev–Trinajstić information content (AvgIpc) is 2.69. The van der Waals surface area contributed by atoms with E-state index in [4.69, 9.17) is 9.72 Å². The van der Waals surface area contributed by atoms with E-state index in [-0.39, 0.29) is 5.41 Å². The second-order valence-electron chi connectivity index (χ2n) is 6.40. The zero-order valence-corrected chi connectivity index (χ0v) is 14.0. The molecule has 0 fully saturated rings. The summed E-state index contributed by atoms with van der Waals surface area (Å²) in [5.41, 5.74) is 1.34. The molecule has 19 heavy (non-hydrogen) atoms. The van der Waals surface area contributed by atoms with Crippen molar-refractivity contribution in [2.24, 2.45) is 5.92 Å². The second kappa shape index (κ2) is 7.36. The highest BCUT2D eigenvalue weighted by molar-refractivity contribution is 7.11. The maximum Gasteiger partial charge on any atom is 0.0954 e. The summed E-state index contributed by atoms with van der Waals surface area (Å²) in [4.78, 5) is 6.19. The molecule has 0 aliphatic rings. The third-order valence-electron chi connectivity index (χ3n) is 2.81. The quantitative estimate of drug-likeness (QED) is 0.833. The molecule has 0 amide bonds. The molecule has 3 nitrogen and oxygen atoms in total. The molecule has 1 aromatic heterocycles. The van der Waals surface area contributed by atoms with Crippen molar-refractivity contribution in [3.05, 3.63) is 15.6 Å². The number of ether oxygens (including phenoxy) is 1. The van der Waals surface area contributed by atoms with Gasteiger partial charge in [-0.1, -0.05) is 34.6 Å². The van der Waals surface area contributed by atoms with Crippen LogP contribution in [0.1, 0.15) is 50.2 Å². The van der Waals surface area contributed by atoms with Crippen LogP contribution >= 0.6 is 11.3 Å². The predicted molar refractivity (Wildman–Crippen MR) is 82.9 cm³/mol. The molecule has 0 saturated heterocycles. The van der Waals surface area contributed by atoms with Gasteiger partial charge in [-0.25, -0.2) is 4.98 Å². The summed E-state index contributed by atoms with van der Waals surface area (Å²) in [5.74, 6) is 0.680. The maximum absolute atomic E-state index is 5.14. The number of aromatic nitrogens is 1. The Labute approximate surface area is 121 Å². The van der Waals surface area contributed by atoms with E-state index in [9.17, 15) is 0 Å². The summed E-state index contributed by atoms with van der Waals surface area (Å²) in [5, 5.41) is 4.71. The average molecular weight is 284 g/mol. The molecule has 0 radical (unpaired) electrons. The number of hydrogen-bond acceptors (Lipinski definition) is 4. The highest BCUT2D eigenvalue weighted by atomic mass is 32.1. The minimum atomic E-state index is 0.108. The van der Waals surface area contributed by atoms with Crippen molar-refractivity contribution in [2.75, 3.05) is 20.3 Å². The first-order chi connectivity index (χ1) is 8.84. The van der Waals surface area contributed by atoms with Crippen molar-refractivity contribution in [1.29, 1.82) is 0 Å². The third-order valence-corrected chi connectivity index (χ3v) is 3.93. The van der Waals surface area contributed by atoms with Crippen LogP contribution in [0.5, 0.6) is 0 Å². The lowest BCUT2D eigenvalue weighted by atomic mass is 9.91. The van der Waals surface area contributed by atoms with E-state index in [1.807, 2.05) is 11.3 Å². The van der Waals surface area contributed by atoms with E-state index in [1.165, 1.54) is 15.6 Å². The first kappa shape index (κ1) is 16.6. The summed E-state index contributed by atoms with van der Waals surface area (Å²) in [6.07, 6.45) is 0.911. The lowest BCUT2D eigenvalue weighted by molar-refractivity contribution is 0.202. The number of nitrogens with zero attached hydrogens (tertiary/aromatic N) is 1. The number of hydrogen-bond donors (Lipinski definition) is 1. The van der Waals surface area contributed by atoms with E-state index in [0.29, 0.717) is 5.92 Å². The monoisotopic (exact) mass is 284 g/mol. The van der Waals surface area contributed by atoms with E-state index < -0.39 is 0 Å². The van der Waals surface area contributed by atoms with Crippen LogP contribution in [0.2, 0.25) is 0 Å². The fraction of sp³-hybridized carbons (Fsp3) is 0.800. The van der Waals surface area contributed by atoms with Crippen LogP contribution in [0.4, 0.5) is 0 Å². The van der Waals surface area contributed by atoms with Crippen LogP contribution in [0.3, 0.4) is 0 Å². The van der Waals surface area contributed by atoms with Gasteiger partial charge in [0.2, 0.25) is 0 Å². The predicted octanol–water partition coefficient (Wildman–Crippen LogP) is 3.38. The molecular formula is C15H28N2OS. The maximum atomic E-state index is 5.14. The fourth-order valence-electron chi connectivity index (χ4n) is 1.88. The smallest absolute Gasteiger partial charge is 0.0954 e. The zero-order valence-electron chi connectivity index (χ0n) is 13.2. The Kier molecular flexibility index (Phi) is 6.43. The van der Waals surface area contributed by atoms with E-state index in [1.54, 1.807) is 7.11 Å². The topological polar surface area (TPSA) is 34.1 Å². The normalized spacial score (nSPS) is 12.4. The lowest BCUT2D eigenvalue weighted by Gasteiger charge is -2.18. The molecule has 4 heteroatoms. The van der Waals surface area contributed by atoms with Crippen molar-refractivity contribution in [1.82, 2.24) is 10.3 Å². The van der Waals surface area contributed by atoms with Gasteiger partial charge in [0.15, 0.2) is 0 Å². The summed E-state index contributed by atoms with van der Waals surface area (Å²) in [6, 6.07) is 0. The van der Waals surface area contributed by atoms with Crippen LogP contribution in [0.25, 0.3) is 0 Å². The van der Waals surface area contributed by atoms with Crippen molar-refractivity contribution in [3.63, 3.8) is 0 Å². The first-order valence-electron chi connectivity index (χ1n) is 7.03. The molecule has 0 atom stereocenters. The molecule has 0 spiro atoms. The van der Waals surface area contributed by atoms with Crippen molar-refractivity contribution >= 4 is 11.3 Å². The Morgan fingerprint density at radius 2 is 2.00 bits per heavy atom. The molecular weight excluding hydrogens is 256 g/mol. The molecule has 1 rings (SSSR count). The van der Waals surface area contributed by atoms with Crippen LogP contribution in [0.15, 0.2) is 0 Å². The summed E-state index contributed by atoms with van der Waals surface area (Å²) in [7, 11) is 1.74. The Morgan fingerprint density at radius 3 is 2.53 bits per heavy atom. The molecule has 0 aliphatic heterocycles. The van der Waals surface area contributed by atoms with Gasteiger partial charge < -0.3 is 10.1 Å². The van der Waals surface area contributed by atoms with Gasteiger partial charge in [0.25, 0.3) is 0 Å². The fourth-order valence-corrected chi connectivity index (χ4v) is 3.11. The molecule has 1 N–H and O–H groups in total. The Bertz CT molecular complexity index is 380. The Hall–Kier alpha value is -0.450. The van der Waals surface area contributed by atoms with Crippen molar-refractivity contribution in [2.45, 2.75) is 53.0 Å². The molecule has 0 aliphatic carbocycles. The standard InChI is InChI=1S/C15H28N2OS/c1-11(2)9-16-10-12-14(15(3,4)5)17-13(19-12)7-8-18-6/h11,16H,7-10H2,1-6H3. The third kappa shape index (κ3) is 5.59. The molecule has 1 aromatic rings. The number of thiazole rings is 1. The van der Waals surface area contributed by atoms with E-state index in [0.717, 1.165) is 26.1 Å². The van der Waals surface area contributed by atoms with Gasteiger partial charge in [0.05, 0.1) is 17.3 Å². The van der Waals surface area contributed by atoms with Gasteiger partial charge in [-0.2, -0.15) is 0 Å². The van der Waals surface area contributed by atoms with Gasteiger partial charge in [-0.05, 0) is 12.5 Å². The highest BCUT2D eigenvalue weighted by Gasteiger charge is 2.22. The van der Waals surface area contributed by atoms with E-state index in [2.05, 4.69) is 39.9 Å². The summed E-state index contributed by atoms with van der Waals surface area (Å²) >= 11 is 1.82. The van der Waals surface area contributed by atoms with Crippen molar-refractivity contribution in [3.8, 4) is 0 Å². The largest absolute Gasteiger partial charge is 0.384 e. The minimum Gasteiger partial charge on any atom is -0.384 e. The van der Waals surface area contributed by atoms with Gasteiger partial charge in [-0.3, -0.25) is 0 Å². The molecule has 1 heterocycles. The number of methoxy groups -OCH3 is 1. The van der Waals surface area contributed by atoms with Crippen LogP contribution < -0.4 is 5.32 Å². The van der Waals surface area contributed by atoms with E-state index >= 15 is 0 Å². The lowest BCUT2D eigenvalue weighted by Crippen LogP contribution is -2.21. The van der Waals surface area contributed by atoms with Crippen LogP contribution in [-0.4, -0.2) is 25.2 Å². The highest BCUT2D eigenvalue weighted by Crippen LogP contribution is 2.29. The molecule has 0 saturated carbocycles. The van der Waals surface area contributed by atoms with Gasteiger partial charge in [-0.15, -0.1) is 11.3 Å². The summed E-state index contributed by atoms with van der Waals surface area (Å²) in [6.45, 7) is 13.9. The van der Waals surface area contributed by atoms with Crippen LogP contribution in [0, 0.1) is 5.92 Å². The molecule has 0 bridgehead atoms. The Balaban J connectivity index is 2.78. The number of nitrogens with one attached hydrogen (secondary N) is 1. The minimum absolute atomic E-state index is 0.108. The number of rotatable bonds is 7.